The predicted molar refractivity (Wildman–Crippen MR) is 50.6 cm³/mol. The van der Waals surface area contributed by atoms with Gasteiger partial charge < -0.3 is 11.1 Å². The molecule has 1 aliphatic rings. The molecule has 0 saturated carbocycles. The van der Waals surface area contributed by atoms with Crippen LogP contribution in [-0.2, 0) is 0 Å². The second kappa shape index (κ2) is 3.64. The van der Waals surface area contributed by atoms with E-state index in [4.69, 9.17) is 5.73 Å². The van der Waals surface area contributed by atoms with Crippen molar-refractivity contribution in [2.24, 2.45) is 5.73 Å². The highest BCUT2D eigenvalue weighted by molar-refractivity contribution is 5.95. The largest absolute Gasteiger partial charge is 0.352 e. The Kier molecular flexibility index (Phi) is 2.69. The minimum Gasteiger partial charge on any atom is -0.352 e. The topological polar surface area (TPSA) is 99.0 Å². The summed E-state index contributed by atoms with van der Waals surface area (Å²) < 4.78 is 0. The van der Waals surface area contributed by atoms with Gasteiger partial charge in [-0.15, -0.1) is 0 Å². The second-order valence-electron chi connectivity index (χ2n) is 3.23. The van der Waals surface area contributed by atoms with E-state index in [2.05, 4.69) is 5.32 Å². The van der Waals surface area contributed by atoms with Crippen molar-refractivity contribution in [3.05, 3.63) is 0 Å². The SMILES string of the molecule is CN1C(=O)N(C)C(NC(N)=O)N(C)C1=O. The first-order chi connectivity index (χ1) is 6.86. The van der Waals surface area contributed by atoms with Gasteiger partial charge in [0.2, 0.25) is 0 Å². The molecule has 8 heteroatoms. The molecule has 0 spiro atoms. The summed E-state index contributed by atoms with van der Waals surface area (Å²) in [6, 6.07) is -1.81. The highest BCUT2D eigenvalue weighted by Gasteiger charge is 2.38. The lowest BCUT2D eigenvalue weighted by Gasteiger charge is -2.42. The van der Waals surface area contributed by atoms with Gasteiger partial charge in [0.25, 0.3) is 0 Å². The zero-order valence-electron chi connectivity index (χ0n) is 8.72. The first-order valence-electron chi connectivity index (χ1n) is 4.19. The molecule has 8 nitrogen and oxygen atoms in total. The van der Waals surface area contributed by atoms with Crippen LogP contribution in [0.25, 0.3) is 0 Å². The summed E-state index contributed by atoms with van der Waals surface area (Å²) in [7, 11) is 4.28. The number of nitrogens with zero attached hydrogens (tertiary/aromatic N) is 3. The summed E-state index contributed by atoms with van der Waals surface area (Å²) in [5, 5.41) is 2.28. The van der Waals surface area contributed by atoms with Crippen LogP contribution < -0.4 is 11.1 Å². The first kappa shape index (κ1) is 11.1. The van der Waals surface area contributed by atoms with Crippen LogP contribution in [0.15, 0.2) is 0 Å². The van der Waals surface area contributed by atoms with Crippen LogP contribution in [0, 0.1) is 0 Å². The molecule has 0 unspecified atom stereocenters. The van der Waals surface area contributed by atoms with E-state index in [1.165, 1.54) is 30.9 Å². The molecule has 6 amide bonds. The summed E-state index contributed by atoms with van der Waals surface area (Å²) in [4.78, 5) is 37.0. The molecular formula is C7H13N5O3. The van der Waals surface area contributed by atoms with Crippen molar-refractivity contribution in [2.75, 3.05) is 21.1 Å². The van der Waals surface area contributed by atoms with Gasteiger partial charge in [-0.2, -0.15) is 0 Å². The van der Waals surface area contributed by atoms with E-state index in [0.717, 1.165) is 4.90 Å². The van der Waals surface area contributed by atoms with Crippen molar-refractivity contribution in [3.8, 4) is 0 Å². The Labute approximate surface area is 86.6 Å². The average Bonchev–Trinajstić information content (AvgIpc) is 2.18. The summed E-state index contributed by atoms with van der Waals surface area (Å²) in [5.41, 5.74) is 4.93. The number of imide groups is 1. The van der Waals surface area contributed by atoms with Crippen LogP contribution in [0.2, 0.25) is 0 Å². The van der Waals surface area contributed by atoms with Crippen LogP contribution >= 0.6 is 0 Å². The lowest BCUT2D eigenvalue weighted by atomic mass is 10.4. The number of carbonyl (C=O) groups excluding carboxylic acids is 3. The van der Waals surface area contributed by atoms with Crippen molar-refractivity contribution >= 4 is 18.1 Å². The van der Waals surface area contributed by atoms with Gasteiger partial charge in [-0.3, -0.25) is 9.80 Å². The van der Waals surface area contributed by atoms with E-state index < -0.39 is 24.4 Å². The Morgan fingerprint density at radius 1 is 1.20 bits per heavy atom. The van der Waals surface area contributed by atoms with E-state index in [1.807, 2.05) is 0 Å². The highest BCUT2D eigenvalue weighted by Crippen LogP contribution is 2.12. The van der Waals surface area contributed by atoms with Crippen molar-refractivity contribution < 1.29 is 14.4 Å². The van der Waals surface area contributed by atoms with Gasteiger partial charge in [0, 0.05) is 21.1 Å². The van der Waals surface area contributed by atoms with E-state index in [9.17, 15) is 14.4 Å². The van der Waals surface area contributed by atoms with Crippen molar-refractivity contribution in [3.63, 3.8) is 0 Å². The fraction of sp³-hybridized carbons (Fsp3) is 0.571. The third-order valence-electron chi connectivity index (χ3n) is 2.18. The van der Waals surface area contributed by atoms with Gasteiger partial charge in [0.05, 0.1) is 0 Å². The molecule has 0 aliphatic carbocycles. The van der Waals surface area contributed by atoms with Gasteiger partial charge in [0.1, 0.15) is 0 Å². The maximum Gasteiger partial charge on any atom is 0.330 e. The fourth-order valence-electron chi connectivity index (χ4n) is 1.34. The van der Waals surface area contributed by atoms with Crippen LogP contribution in [0.4, 0.5) is 14.4 Å². The van der Waals surface area contributed by atoms with Crippen LogP contribution in [0.5, 0.6) is 0 Å². The molecule has 0 aromatic heterocycles. The molecule has 84 valence electrons. The molecule has 1 saturated heterocycles. The number of primary amides is 1. The number of carbonyl (C=O) groups is 3. The fourth-order valence-corrected chi connectivity index (χ4v) is 1.34. The van der Waals surface area contributed by atoms with E-state index in [-0.39, 0.29) is 0 Å². The molecule has 0 aromatic carbocycles. The van der Waals surface area contributed by atoms with Gasteiger partial charge in [-0.25, -0.2) is 19.3 Å². The lowest BCUT2D eigenvalue weighted by molar-refractivity contribution is 0.0502. The van der Waals surface area contributed by atoms with E-state index >= 15 is 0 Å². The zero-order valence-corrected chi connectivity index (χ0v) is 8.72. The number of hydrogen-bond donors (Lipinski definition) is 2. The molecule has 1 rings (SSSR count). The highest BCUT2D eigenvalue weighted by atomic mass is 16.2. The molecule has 0 atom stereocenters. The van der Waals surface area contributed by atoms with Crippen LogP contribution in [0.3, 0.4) is 0 Å². The Bertz CT molecular complexity index is 296. The molecule has 15 heavy (non-hydrogen) atoms. The van der Waals surface area contributed by atoms with Crippen molar-refractivity contribution in [1.82, 2.24) is 20.0 Å². The number of hydrogen-bond acceptors (Lipinski definition) is 3. The van der Waals surface area contributed by atoms with E-state index in [1.54, 1.807) is 0 Å². The predicted octanol–water partition coefficient (Wildman–Crippen LogP) is -1.01. The van der Waals surface area contributed by atoms with Gasteiger partial charge >= 0.3 is 18.1 Å². The Hall–Kier alpha value is -1.99. The molecule has 1 aliphatic heterocycles. The summed E-state index contributed by atoms with van der Waals surface area (Å²) >= 11 is 0. The first-order valence-corrected chi connectivity index (χ1v) is 4.19. The quantitative estimate of drug-likeness (QED) is 0.586. The number of nitrogens with one attached hydrogen (secondary N) is 1. The summed E-state index contributed by atoms with van der Waals surface area (Å²) in [6.07, 6.45) is -0.848. The third kappa shape index (κ3) is 1.78. The maximum absolute atomic E-state index is 11.5. The number of nitrogens with two attached hydrogens (primary N) is 1. The molecule has 1 fully saturated rings. The Morgan fingerprint density at radius 2 is 1.60 bits per heavy atom. The van der Waals surface area contributed by atoms with E-state index in [0.29, 0.717) is 0 Å². The number of amides is 6. The summed E-state index contributed by atoms with van der Waals surface area (Å²) in [6.45, 7) is 0. The van der Waals surface area contributed by atoms with Crippen LogP contribution in [0.1, 0.15) is 0 Å². The van der Waals surface area contributed by atoms with Crippen molar-refractivity contribution in [1.29, 1.82) is 0 Å². The molecule has 0 bridgehead atoms. The molecule has 0 radical (unpaired) electrons. The standard InChI is InChI=1S/C7H13N5O3/c1-10-5(9-4(8)13)11(2)7(15)12(3)6(10)14/h5H,1-3H3,(H3,8,9,13). The normalized spacial score (nSPS) is 18.5. The Morgan fingerprint density at radius 3 is 1.93 bits per heavy atom. The van der Waals surface area contributed by atoms with Gasteiger partial charge in [-0.1, -0.05) is 0 Å². The molecule has 0 aromatic rings. The minimum absolute atomic E-state index is 0.503. The molecule has 1 heterocycles. The zero-order chi connectivity index (χ0) is 11.7. The smallest absolute Gasteiger partial charge is 0.330 e. The van der Waals surface area contributed by atoms with Crippen LogP contribution in [-0.4, -0.2) is 60.2 Å². The monoisotopic (exact) mass is 215 g/mol. The summed E-state index contributed by atoms with van der Waals surface area (Å²) in [5.74, 6) is 0. The maximum atomic E-state index is 11.5. The minimum atomic E-state index is -0.848. The Balaban J connectivity index is 2.91. The second-order valence-corrected chi connectivity index (χ2v) is 3.23. The molecule has 3 N–H and O–H groups in total. The molecular weight excluding hydrogens is 202 g/mol. The van der Waals surface area contributed by atoms with Gasteiger partial charge in [-0.05, 0) is 0 Å². The van der Waals surface area contributed by atoms with Crippen molar-refractivity contribution in [2.45, 2.75) is 6.29 Å². The lowest BCUT2D eigenvalue weighted by Crippen LogP contribution is -2.68. The third-order valence-corrected chi connectivity index (χ3v) is 2.18. The van der Waals surface area contributed by atoms with Gasteiger partial charge in [0.15, 0.2) is 6.29 Å². The number of urea groups is 3. The number of rotatable bonds is 1. The average molecular weight is 215 g/mol.